The minimum Gasteiger partial charge on any atom is -0.331 e. The lowest BCUT2D eigenvalue weighted by Gasteiger charge is -2.37. The van der Waals surface area contributed by atoms with Crippen LogP contribution in [0.3, 0.4) is 0 Å². The Morgan fingerprint density at radius 2 is 1.85 bits per heavy atom. The first-order valence-corrected chi connectivity index (χ1v) is 9.14. The lowest BCUT2D eigenvalue weighted by Crippen LogP contribution is -2.50. The van der Waals surface area contributed by atoms with E-state index in [1.807, 2.05) is 30.8 Å². The van der Waals surface area contributed by atoms with E-state index in [0.29, 0.717) is 12.1 Å². The molecule has 2 fully saturated rings. The van der Waals surface area contributed by atoms with Crippen molar-refractivity contribution in [1.29, 1.82) is 0 Å². The highest BCUT2D eigenvalue weighted by Gasteiger charge is 2.27. The van der Waals surface area contributed by atoms with E-state index in [-0.39, 0.29) is 6.03 Å². The highest BCUT2D eigenvalue weighted by Crippen LogP contribution is 2.27. The molecule has 1 N–H and O–H groups in total. The van der Waals surface area contributed by atoms with Crippen molar-refractivity contribution >= 4 is 17.8 Å². The van der Waals surface area contributed by atoms with Crippen molar-refractivity contribution in [3.8, 4) is 0 Å². The summed E-state index contributed by atoms with van der Waals surface area (Å²) in [5.41, 5.74) is 0. The minimum absolute atomic E-state index is 0.156. The Morgan fingerprint density at radius 3 is 2.45 bits per heavy atom. The summed E-state index contributed by atoms with van der Waals surface area (Å²) in [4.78, 5) is 15.6. The van der Waals surface area contributed by atoms with Gasteiger partial charge < -0.3 is 15.1 Å². The second-order valence-electron chi connectivity index (χ2n) is 6.33. The number of urea groups is 1. The Labute approximate surface area is 127 Å². The molecule has 1 saturated carbocycles. The van der Waals surface area contributed by atoms with Crippen LogP contribution in [0.2, 0.25) is 0 Å². The molecule has 116 valence electrons. The molecule has 0 spiro atoms. The van der Waals surface area contributed by atoms with Gasteiger partial charge in [0.15, 0.2) is 0 Å². The van der Waals surface area contributed by atoms with Gasteiger partial charge in [0.1, 0.15) is 0 Å². The molecule has 2 atom stereocenters. The standard InChI is InChI=1S/C15H29N3OS/c1-17(2)15(19)18-9-7-12(8-10-18)16-13-5-4-6-14(11-13)20-3/h12-14,16H,4-11H2,1-3H3. The number of thioether (sulfide) groups is 1. The number of hydrogen-bond acceptors (Lipinski definition) is 3. The summed E-state index contributed by atoms with van der Waals surface area (Å²) in [6, 6.07) is 1.46. The zero-order valence-corrected chi connectivity index (χ0v) is 13.9. The van der Waals surface area contributed by atoms with Crippen molar-refractivity contribution < 1.29 is 4.79 Å². The number of hydrogen-bond donors (Lipinski definition) is 1. The maximum absolute atomic E-state index is 11.9. The smallest absolute Gasteiger partial charge is 0.319 e. The zero-order valence-electron chi connectivity index (χ0n) is 13.1. The van der Waals surface area contributed by atoms with E-state index in [1.54, 1.807) is 4.90 Å². The Balaban J connectivity index is 1.73. The SMILES string of the molecule is CSC1CCCC(NC2CCN(C(=O)N(C)C)CC2)C1. The molecule has 2 aliphatic rings. The number of nitrogens with zero attached hydrogens (tertiary/aromatic N) is 2. The van der Waals surface area contributed by atoms with Gasteiger partial charge in [0.25, 0.3) is 0 Å². The van der Waals surface area contributed by atoms with Crippen LogP contribution < -0.4 is 5.32 Å². The second-order valence-corrected chi connectivity index (χ2v) is 7.46. The van der Waals surface area contributed by atoms with E-state index in [4.69, 9.17) is 0 Å². The largest absolute Gasteiger partial charge is 0.331 e. The molecule has 0 aromatic heterocycles. The molecule has 1 heterocycles. The Kier molecular flexibility index (Phi) is 6.02. The predicted molar refractivity (Wildman–Crippen MR) is 86.4 cm³/mol. The molecule has 0 bridgehead atoms. The Morgan fingerprint density at radius 1 is 1.15 bits per heavy atom. The third-order valence-electron chi connectivity index (χ3n) is 4.58. The second kappa shape index (κ2) is 7.55. The lowest BCUT2D eigenvalue weighted by atomic mass is 9.93. The summed E-state index contributed by atoms with van der Waals surface area (Å²) in [5, 5.41) is 4.69. The maximum atomic E-state index is 11.9. The van der Waals surface area contributed by atoms with Crippen molar-refractivity contribution in [3.05, 3.63) is 0 Å². The van der Waals surface area contributed by atoms with Crippen LogP contribution in [0.5, 0.6) is 0 Å². The molecule has 1 aliphatic carbocycles. The van der Waals surface area contributed by atoms with Crippen LogP contribution in [-0.4, -0.2) is 66.6 Å². The van der Waals surface area contributed by atoms with Gasteiger partial charge in [-0.25, -0.2) is 4.79 Å². The van der Waals surface area contributed by atoms with E-state index in [9.17, 15) is 4.79 Å². The van der Waals surface area contributed by atoms with E-state index >= 15 is 0 Å². The Hall–Kier alpha value is -0.420. The van der Waals surface area contributed by atoms with Crippen LogP contribution in [0.1, 0.15) is 38.5 Å². The highest BCUT2D eigenvalue weighted by atomic mass is 32.2. The lowest BCUT2D eigenvalue weighted by molar-refractivity contribution is 0.149. The highest BCUT2D eigenvalue weighted by molar-refractivity contribution is 7.99. The summed E-state index contributed by atoms with van der Waals surface area (Å²) < 4.78 is 0. The van der Waals surface area contributed by atoms with Crippen LogP contribution in [0.4, 0.5) is 4.79 Å². The number of amides is 2. The van der Waals surface area contributed by atoms with Gasteiger partial charge in [-0.05, 0) is 38.4 Å². The van der Waals surface area contributed by atoms with E-state index in [2.05, 4.69) is 11.6 Å². The molecule has 4 nitrogen and oxygen atoms in total. The molecule has 0 aromatic carbocycles. The zero-order chi connectivity index (χ0) is 14.5. The normalized spacial score (nSPS) is 28.4. The van der Waals surface area contributed by atoms with E-state index in [0.717, 1.165) is 31.2 Å². The molecular weight excluding hydrogens is 270 g/mol. The number of carbonyl (C=O) groups is 1. The number of carbonyl (C=O) groups excluding carboxylic acids is 1. The number of piperidine rings is 1. The molecule has 1 saturated heterocycles. The first kappa shape index (κ1) is 16.0. The van der Waals surface area contributed by atoms with Gasteiger partial charge >= 0.3 is 6.03 Å². The van der Waals surface area contributed by atoms with Gasteiger partial charge in [-0.2, -0.15) is 11.8 Å². The maximum Gasteiger partial charge on any atom is 0.319 e. The number of rotatable bonds is 3. The van der Waals surface area contributed by atoms with Gasteiger partial charge in [0, 0.05) is 44.5 Å². The average Bonchev–Trinajstić information content (AvgIpc) is 2.47. The molecule has 2 unspecified atom stereocenters. The molecule has 2 rings (SSSR count). The monoisotopic (exact) mass is 299 g/mol. The Bertz CT molecular complexity index is 316. The third kappa shape index (κ3) is 4.29. The van der Waals surface area contributed by atoms with Crippen molar-refractivity contribution in [1.82, 2.24) is 15.1 Å². The van der Waals surface area contributed by atoms with Crippen LogP contribution in [0.25, 0.3) is 0 Å². The van der Waals surface area contributed by atoms with Crippen molar-refractivity contribution in [3.63, 3.8) is 0 Å². The van der Waals surface area contributed by atoms with Gasteiger partial charge in [-0.3, -0.25) is 0 Å². The number of likely N-dealkylation sites (tertiary alicyclic amines) is 1. The number of nitrogens with one attached hydrogen (secondary N) is 1. The summed E-state index contributed by atoms with van der Waals surface area (Å²) in [6.07, 6.45) is 9.82. The molecule has 0 radical (unpaired) electrons. The fourth-order valence-electron chi connectivity index (χ4n) is 3.36. The first-order chi connectivity index (χ1) is 9.60. The predicted octanol–water partition coefficient (Wildman–Crippen LogP) is 2.40. The quantitative estimate of drug-likeness (QED) is 0.869. The summed E-state index contributed by atoms with van der Waals surface area (Å²) >= 11 is 2.02. The van der Waals surface area contributed by atoms with Gasteiger partial charge in [-0.1, -0.05) is 6.42 Å². The fraction of sp³-hybridized carbons (Fsp3) is 0.933. The van der Waals surface area contributed by atoms with Crippen LogP contribution in [0, 0.1) is 0 Å². The average molecular weight is 299 g/mol. The van der Waals surface area contributed by atoms with Crippen LogP contribution in [0.15, 0.2) is 0 Å². The van der Waals surface area contributed by atoms with Crippen molar-refractivity contribution in [2.45, 2.75) is 55.9 Å². The molecule has 20 heavy (non-hydrogen) atoms. The summed E-state index contributed by atoms with van der Waals surface area (Å²) in [7, 11) is 3.66. The van der Waals surface area contributed by atoms with Crippen molar-refractivity contribution in [2.24, 2.45) is 0 Å². The fourth-order valence-corrected chi connectivity index (χ4v) is 4.19. The van der Waals surface area contributed by atoms with Crippen LogP contribution in [-0.2, 0) is 0 Å². The van der Waals surface area contributed by atoms with Crippen molar-refractivity contribution in [2.75, 3.05) is 33.4 Å². The van der Waals surface area contributed by atoms with E-state index in [1.165, 1.54) is 25.7 Å². The molecule has 5 heteroatoms. The topological polar surface area (TPSA) is 35.6 Å². The summed E-state index contributed by atoms with van der Waals surface area (Å²) in [5.74, 6) is 0. The minimum atomic E-state index is 0.156. The molecule has 0 aromatic rings. The summed E-state index contributed by atoms with van der Waals surface area (Å²) in [6.45, 7) is 1.79. The third-order valence-corrected chi connectivity index (χ3v) is 5.67. The van der Waals surface area contributed by atoms with Gasteiger partial charge in [-0.15, -0.1) is 0 Å². The van der Waals surface area contributed by atoms with Crippen LogP contribution >= 0.6 is 11.8 Å². The molecule has 2 amide bonds. The first-order valence-electron chi connectivity index (χ1n) is 7.85. The molecular formula is C15H29N3OS. The van der Waals surface area contributed by atoms with Gasteiger partial charge in [0.2, 0.25) is 0 Å². The molecule has 1 aliphatic heterocycles. The van der Waals surface area contributed by atoms with Gasteiger partial charge in [0.05, 0.1) is 0 Å². The van der Waals surface area contributed by atoms with E-state index < -0.39 is 0 Å².